The molecule has 9 nitrogen and oxygen atoms in total. The monoisotopic (exact) mass is 479 g/mol. The van der Waals surface area contributed by atoms with Crippen LogP contribution in [0.25, 0.3) is 11.3 Å². The van der Waals surface area contributed by atoms with Crippen molar-refractivity contribution in [3.8, 4) is 11.3 Å². The fraction of sp³-hybridized carbons (Fsp3) is 0.333. The Morgan fingerprint density at radius 2 is 1.88 bits per heavy atom. The third-order valence-corrected chi connectivity index (χ3v) is 6.59. The second kappa shape index (κ2) is 9.88. The normalized spacial score (nSPS) is 20.9. The Bertz CT molecular complexity index is 1150. The molecule has 4 heterocycles. The Morgan fingerprint density at radius 3 is 2.59 bits per heavy atom. The number of morpholine rings is 1. The van der Waals surface area contributed by atoms with Gasteiger partial charge in [0, 0.05) is 50.1 Å². The Balaban J connectivity index is 1.43. The van der Waals surface area contributed by atoms with E-state index in [1.165, 1.54) is 12.1 Å². The van der Waals surface area contributed by atoms with Gasteiger partial charge in [-0.3, -0.25) is 20.0 Å². The number of ether oxygens (including phenoxy) is 1. The van der Waals surface area contributed by atoms with E-state index in [0.29, 0.717) is 10.9 Å². The highest BCUT2D eigenvalue weighted by Crippen LogP contribution is 2.40. The van der Waals surface area contributed by atoms with Crippen molar-refractivity contribution in [3.63, 3.8) is 0 Å². The highest BCUT2D eigenvalue weighted by Gasteiger charge is 2.41. The maximum Gasteiger partial charge on any atom is 0.269 e. The zero-order chi connectivity index (χ0) is 23.5. The van der Waals surface area contributed by atoms with E-state index >= 15 is 0 Å². The molecule has 0 amide bonds. The first kappa shape index (κ1) is 22.5. The minimum atomic E-state index is -0.410. The van der Waals surface area contributed by atoms with E-state index in [9.17, 15) is 10.1 Å². The number of hydrogen-bond acceptors (Lipinski definition) is 7. The molecule has 2 saturated heterocycles. The van der Waals surface area contributed by atoms with Crippen LogP contribution in [0.15, 0.2) is 65.2 Å². The molecule has 5 rings (SSSR count). The van der Waals surface area contributed by atoms with E-state index in [-0.39, 0.29) is 17.8 Å². The quantitative estimate of drug-likeness (QED) is 0.310. The number of aromatic nitrogens is 1. The van der Waals surface area contributed by atoms with Crippen molar-refractivity contribution in [1.29, 1.82) is 0 Å². The topological polar surface area (TPSA) is 96.9 Å². The van der Waals surface area contributed by atoms with Gasteiger partial charge in [0.05, 0.1) is 29.9 Å². The first-order chi connectivity index (χ1) is 16.6. The van der Waals surface area contributed by atoms with Crippen molar-refractivity contribution < 1.29 is 14.1 Å². The molecule has 176 valence electrons. The van der Waals surface area contributed by atoms with Gasteiger partial charge in [-0.15, -0.1) is 0 Å². The number of thiocarbonyl (C=S) groups is 1. The summed E-state index contributed by atoms with van der Waals surface area (Å²) in [5.41, 5.74) is 1.71. The zero-order valence-electron chi connectivity index (χ0n) is 18.5. The standard InChI is InChI=1S/C24H25N5O4S/c30-29(31)18-6-4-17(5-7-18)20-8-9-21(33-20)23-22(19-3-1-2-10-25-19)26-24(34)28(23)12-11-27-13-15-32-16-14-27/h1-10,22-23H,11-16H2,(H,26,34)/t22-,23+/m1/s1. The second-order valence-corrected chi connectivity index (χ2v) is 8.67. The van der Waals surface area contributed by atoms with Crippen LogP contribution < -0.4 is 5.32 Å². The van der Waals surface area contributed by atoms with Crippen LogP contribution in [0.3, 0.4) is 0 Å². The molecule has 0 bridgehead atoms. The van der Waals surface area contributed by atoms with Gasteiger partial charge in [-0.2, -0.15) is 0 Å². The SMILES string of the molecule is O=[N+]([O-])c1ccc(-c2ccc([C@H]3[C@@H](c4ccccn4)NC(=S)N3CCN3CCOCC3)o2)cc1. The van der Waals surface area contributed by atoms with E-state index in [4.69, 9.17) is 21.4 Å². The summed E-state index contributed by atoms with van der Waals surface area (Å²) in [6, 6.07) is 15.7. The number of furan rings is 1. The van der Waals surface area contributed by atoms with Crippen molar-refractivity contribution >= 4 is 23.0 Å². The molecule has 10 heteroatoms. The van der Waals surface area contributed by atoms with Crippen molar-refractivity contribution in [1.82, 2.24) is 20.1 Å². The molecule has 0 saturated carbocycles. The van der Waals surface area contributed by atoms with Crippen molar-refractivity contribution in [2.24, 2.45) is 0 Å². The third kappa shape index (κ3) is 4.65. The minimum Gasteiger partial charge on any atom is -0.459 e. The smallest absolute Gasteiger partial charge is 0.269 e. The average Bonchev–Trinajstić information content (AvgIpc) is 3.48. The summed E-state index contributed by atoms with van der Waals surface area (Å²) in [6.45, 7) is 4.93. The zero-order valence-corrected chi connectivity index (χ0v) is 19.3. The lowest BCUT2D eigenvalue weighted by Gasteiger charge is -2.31. The number of rotatable bonds is 7. The lowest BCUT2D eigenvalue weighted by Crippen LogP contribution is -2.42. The molecule has 2 fully saturated rings. The van der Waals surface area contributed by atoms with Gasteiger partial charge in [0.25, 0.3) is 5.69 Å². The first-order valence-corrected chi connectivity index (χ1v) is 11.6. The molecular weight excluding hydrogens is 454 g/mol. The van der Waals surface area contributed by atoms with Crippen molar-refractivity contribution in [3.05, 3.63) is 82.4 Å². The van der Waals surface area contributed by atoms with Gasteiger partial charge < -0.3 is 19.4 Å². The Kier molecular flexibility index (Phi) is 6.52. The molecule has 1 N–H and O–H groups in total. The van der Waals surface area contributed by atoms with Gasteiger partial charge in [-0.05, 0) is 48.6 Å². The second-order valence-electron chi connectivity index (χ2n) is 8.28. The van der Waals surface area contributed by atoms with Gasteiger partial charge in [0.1, 0.15) is 17.6 Å². The van der Waals surface area contributed by atoms with Gasteiger partial charge in [0.2, 0.25) is 0 Å². The maximum absolute atomic E-state index is 11.0. The molecule has 34 heavy (non-hydrogen) atoms. The summed E-state index contributed by atoms with van der Waals surface area (Å²) in [5.74, 6) is 1.41. The lowest BCUT2D eigenvalue weighted by molar-refractivity contribution is -0.384. The Labute approximate surface area is 202 Å². The predicted octanol–water partition coefficient (Wildman–Crippen LogP) is 3.55. The van der Waals surface area contributed by atoms with Gasteiger partial charge in [-0.25, -0.2) is 0 Å². The first-order valence-electron chi connectivity index (χ1n) is 11.2. The molecule has 0 radical (unpaired) electrons. The van der Waals surface area contributed by atoms with E-state index < -0.39 is 4.92 Å². The molecule has 1 aromatic carbocycles. The third-order valence-electron chi connectivity index (χ3n) is 6.24. The van der Waals surface area contributed by atoms with Crippen LogP contribution in [0.1, 0.15) is 23.5 Å². The minimum absolute atomic E-state index is 0.0466. The largest absolute Gasteiger partial charge is 0.459 e. The number of benzene rings is 1. The molecule has 2 aromatic heterocycles. The van der Waals surface area contributed by atoms with Crippen LogP contribution in [0.2, 0.25) is 0 Å². The average molecular weight is 480 g/mol. The summed E-state index contributed by atoms with van der Waals surface area (Å²) >= 11 is 5.74. The summed E-state index contributed by atoms with van der Waals surface area (Å²) in [4.78, 5) is 19.7. The van der Waals surface area contributed by atoms with Crippen LogP contribution in [-0.4, -0.2) is 64.2 Å². The van der Waals surface area contributed by atoms with Gasteiger partial charge in [0.15, 0.2) is 5.11 Å². The van der Waals surface area contributed by atoms with Gasteiger partial charge in [-0.1, -0.05) is 6.07 Å². The Hall–Kier alpha value is -3.34. The van der Waals surface area contributed by atoms with Crippen molar-refractivity contribution in [2.75, 3.05) is 39.4 Å². The molecule has 0 aliphatic carbocycles. The van der Waals surface area contributed by atoms with Crippen LogP contribution in [0.5, 0.6) is 0 Å². The highest BCUT2D eigenvalue weighted by atomic mass is 32.1. The maximum atomic E-state index is 11.0. The van der Waals surface area contributed by atoms with E-state index in [1.807, 2.05) is 30.3 Å². The number of nitrogens with one attached hydrogen (secondary N) is 1. The number of pyridine rings is 1. The summed E-state index contributed by atoms with van der Waals surface area (Å²) < 4.78 is 11.8. The highest BCUT2D eigenvalue weighted by molar-refractivity contribution is 7.80. The number of hydrogen-bond donors (Lipinski definition) is 1. The lowest BCUT2D eigenvalue weighted by atomic mass is 10.0. The number of non-ortho nitro benzene ring substituents is 1. The van der Waals surface area contributed by atoms with E-state index in [0.717, 1.165) is 56.4 Å². The Morgan fingerprint density at radius 1 is 1.09 bits per heavy atom. The van der Waals surface area contributed by atoms with E-state index in [1.54, 1.807) is 18.3 Å². The fourth-order valence-electron chi connectivity index (χ4n) is 4.44. The van der Waals surface area contributed by atoms with Crippen LogP contribution >= 0.6 is 12.2 Å². The number of nitro groups is 1. The predicted molar refractivity (Wildman–Crippen MR) is 130 cm³/mol. The summed E-state index contributed by atoms with van der Waals surface area (Å²) in [7, 11) is 0. The number of nitrogens with zero attached hydrogens (tertiary/aromatic N) is 4. The summed E-state index contributed by atoms with van der Waals surface area (Å²) in [6.07, 6.45) is 1.78. The molecule has 2 aliphatic rings. The van der Waals surface area contributed by atoms with Crippen LogP contribution in [-0.2, 0) is 4.74 Å². The molecule has 3 aromatic rings. The van der Waals surface area contributed by atoms with E-state index in [2.05, 4.69) is 20.1 Å². The molecule has 2 atom stereocenters. The summed E-state index contributed by atoms with van der Waals surface area (Å²) in [5, 5.41) is 15.1. The van der Waals surface area contributed by atoms with Gasteiger partial charge >= 0.3 is 0 Å². The molecule has 0 unspecified atom stereocenters. The van der Waals surface area contributed by atoms with Crippen LogP contribution in [0, 0.1) is 10.1 Å². The fourth-order valence-corrected chi connectivity index (χ4v) is 4.78. The molecular formula is C24H25N5O4S. The molecule has 2 aliphatic heterocycles. The van der Waals surface area contributed by atoms with Crippen molar-refractivity contribution in [2.45, 2.75) is 12.1 Å². The van der Waals surface area contributed by atoms with Crippen LogP contribution in [0.4, 0.5) is 5.69 Å². The number of nitro benzene ring substituents is 1. The molecule has 0 spiro atoms.